The highest BCUT2D eigenvalue weighted by molar-refractivity contribution is 5.67. The Labute approximate surface area is 112 Å². The molecule has 0 saturated heterocycles. The van der Waals surface area contributed by atoms with E-state index in [9.17, 15) is 0 Å². The van der Waals surface area contributed by atoms with Gasteiger partial charge in [0.1, 0.15) is 5.75 Å². The lowest BCUT2D eigenvalue weighted by Gasteiger charge is -2.14. The van der Waals surface area contributed by atoms with Crippen molar-refractivity contribution in [3.05, 3.63) is 41.6 Å². The minimum atomic E-state index is 0.666. The van der Waals surface area contributed by atoms with Crippen LogP contribution in [-0.4, -0.2) is 17.3 Å². The Morgan fingerprint density at radius 3 is 2.84 bits per heavy atom. The van der Waals surface area contributed by atoms with Gasteiger partial charge in [0, 0.05) is 11.5 Å². The molecule has 19 heavy (non-hydrogen) atoms. The van der Waals surface area contributed by atoms with Gasteiger partial charge >= 0.3 is 0 Å². The first-order valence-electron chi connectivity index (χ1n) is 6.87. The minimum Gasteiger partial charge on any atom is -0.496 e. The summed E-state index contributed by atoms with van der Waals surface area (Å²) in [6, 6.07) is 10.2. The van der Waals surface area contributed by atoms with Crippen molar-refractivity contribution in [3.8, 4) is 17.0 Å². The van der Waals surface area contributed by atoms with Crippen molar-refractivity contribution in [2.24, 2.45) is 0 Å². The zero-order chi connectivity index (χ0) is 12.8. The number of fused-ring (bicyclic) bond motifs is 5. The molecular weight excluding hydrogens is 236 g/mol. The molecule has 0 amide bonds. The first-order valence-corrected chi connectivity index (χ1v) is 6.87. The van der Waals surface area contributed by atoms with Crippen molar-refractivity contribution in [2.75, 3.05) is 7.11 Å². The van der Waals surface area contributed by atoms with E-state index in [0.29, 0.717) is 11.8 Å². The number of methoxy groups -OCH3 is 1. The van der Waals surface area contributed by atoms with E-state index in [4.69, 9.17) is 4.74 Å². The quantitative estimate of drug-likeness (QED) is 0.820. The fraction of sp³-hybridized carbons (Fsp3) is 0.375. The summed E-state index contributed by atoms with van der Waals surface area (Å²) in [4.78, 5) is 0. The molecule has 2 aromatic rings. The molecule has 1 aromatic heterocycles. The maximum Gasteiger partial charge on any atom is 0.128 e. The maximum absolute atomic E-state index is 5.41. The van der Waals surface area contributed by atoms with Gasteiger partial charge in [-0.15, -0.1) is 0 Å². The average molecular weight is 252 g/mol. The Morgan fingerprint density at radius 1 is 1.11 bits per heavy atom. The number of hydrogen-bond donors (Lipinski definition) is 0. The standard InChI is InChI=1S/C16H16N2O/c1-19-15-5-3-2-4-12(15)14-9-13-10-6-7-11(8-10)16(13)18-17-14/h2-5,9-11H,6-8H2,1H3. The van der Waals surface area contributed by atoms with E-state index in [0.717, 1.165) is 17.0 Å². The van der Waals surface area contributed by atoms with E-state index in [-0.39, 0.29) is 0 Å². The Bertz CT molecular complexity index is 638. The summed E-state index contributed by atoms with van der Waals surface area (Å²) in [6.45, 7) is 0. The van der Waals surface area contributed by atoms with E-state index in [2.05, 4.69) is 16.3 Å². The van der Waals surface area contributed by atoms with Crippen LogP contribution in [0.3, 0.4) is 0 Å². The summed E-state index contributed by atoms with van der Waals surface area (Å²) < 4.78 is 5.41. The third-order valence-corrected chi connectivity index (χ3v) is 4.50. The van der Waals surface area contributed by atoms with E-state index < -0.39 is 0 Å². The molecule has 1 saturated carbocycles. The average Bonchev–Trinajstić information content (AvgIpc) is 3.08. The van der Waals surface area contributed by atoms with E-state index >= 15 is 0 Å². The molecular formula is C16H16N2O. The van der Waals surface area contributed by atoms with Crippen LogP contribution >= 0.6 is 0 Å². The molecule has 3 nitrogen and oxygen atoms in total. The molecule has 2 atom stereocenters. The Kier molecular flexibility index (Phi) is 2.34. The lowest BCUT2D eigenvalue weighted by molar-refractivity contribution is 0.416. The largest absolute Gasteiger partial charge is 0.496 e. The van der Waals surface area contributed by atoms with E-state index in [1.807, 2.05) is 24.3 Å². The number of nitrogens with zero attached hydrogens (tertiary/aromatic N) is 2. The fourth-order valence-electron chi connectivity index (χ4n) is 3.56. The second-order valence-corrected chi connectivity index (χ2v) is 5.48. The van der Waals surface area contributed by atoms with Crippen molar-refractivity contribution in [3.63, 3.8) is 0 Å². The highest BCUT2D eigenvalue weighted by Gasteiger charge is 2.38. The lowest BCUT2D eigenvalue weighted by atomic mass is 9.95. The molecule has 0 N–H and O–H groups in total. The second kappa shape index (κ2) is 4.05. The van der Waals surface area contributed by atoms with Gasteiger partial charge in [0.15, 0.2) is 0 Å². The third kappa shape index (κ3) is 1.57. The van der Waals surface area contributed by atoms with Crippen molar-refractivity contribution < 1.29 is 4.74 Å². The summed E-state index contributed by atoms with van der Waals surface area (Å²) in [5.41, 5.74) is 4.63. The summed E-state index contributed by atoms with van der Waals surface area (Å²) in [5.74, 6) is 2.24. The molecule has 0 radical (unpaired) electrons. The first-order chi connectivity index (χ1) is 9.36. The molecule has 3 heteroatoms. The molecule has 1 heterocycles. The normalized spacial score (nSPS) is 23.4. The summed E-state index contributed by atoms with van der Waals surface area (Å²) in [7, 11) is 1.70. The van der Waals surface area contributed by atoms with Crippen LogP contribution in [0.4, 0.5) is 0 Å². The molecule has 2 bridgehead atoms. The van der Waals surface area contributed by atoms with Crippen molar-refractivity contribution in [2.45, 2.75) is 31.1 Å². The maximum atomic E-state index is 5.41. The van der Waals surface area contributed by atoms with Gasteiger partial charge in [-0.2, -0.15) is 10.2 Å². The zero-order valence-corrected chi connectivity index (χ0v) is 11.0. The zero-order valence-electron chi connectivity index (χ0n) is 11.0. The predicted octanol–water partition coefficient (Wildman–Crippen LogP) is 3.52. The topological polar surface area (TPSA) is 35.0 Å². The molecule has 1 aromatic carbocycles. The van der Waals surface area contributed by atoms with E-state index in [1.165, 1.54) is 30.5 Å². The molecule has 1 fully saturated rings. The van der Waals surface area contributed by atoms with Crippen molar-refractivity contribution in [1.82, 2.24) is 10.2 Å². The second-order valence-electron chi connectivity index (χ2n) is 5.48. The molecule has 4 rings (SSSR count). The lowest BCUT2D eigenvalue weighted by Crippen LogP contribution is -2.04. The van der Waals surface area contributed by atoms with Crippen LogP contribution in [-0.2, 0) is 0 Å². The van der Waals surface area contributed by atoms with Crippen molar-refractivity contribution >= 4 is 0 Å². The molecule has 0 spiro atoms. The molecule has 2 aliphatic carbocycles. The number of rotatable bonds is 2. The number of para-hydroxylation sites is 1. The van der Waals surface area contributed by atoms with Gasteiger partial charge in [-0.05, 0) is 48.9 Å². The summed E-state index contributed by atoms with van der Waals surface area (Å²) >= 11 is 0. The molecule has 2 unspecified atom stereocenters. The Hall–Kier alpha value is -1.90. The van der Waals surface area contributed by atoms with Crippen LogP contribution in [0, 0.1) is 0 Å². The minimum absolute atomic E-state index is 0.666. The highest BCUT2D eigenvalue weighted by atomic mass is 16.5. The van der Waals surface area contributed by atoms with Gasteiger partial charge in [0.05, 0.1) is 18.5 Å². The number of benzene rings is 1. The monoisotopic (exact) mass is 252 g/mol. The van der Waals surface area contributed by atoms with Crippen LogP contribution in [0.2, 0.25) is 0 Å². The van der Waals surface area contributed by atoms with Crippen molar-refractivity contribution in [1.29, 1.82) is 0 Å². The van der Waals surface area contributed by atoms with Gasteiger partial charge in [-0.25, -0.2) is 0 Å². The smallest absolute Gasteiger partial charge is 0.128 e. The van der Waals surface area contributed by atoms with Gasteiger partial charge in [-0.1, -0.05) is 12.1 Å². The summed E-state index contributed by atoms with van der Waals surface area (Å²) in [5, 5.41) is 8.91. The van der Waals surface area contributed by atoms with Crippen LogP contribution in [0.15, 0.2) is 30.3 Å². The van der Waals surface area contributed by atoms with Gasteiger partial charge in [0.25, 0.3) is 0 Å². The number of aromatic nitrogens is 2. The summed E-state index contributed by atoms with van der Waals surface area (Å²) in [6.07, 6.45) is 3.88. The highest BCUT2D eigenvalue weighted by Crippen LogP contribution is 2.52. The first kappa shape index (κ1) is 11.0. The van der Waals surface area contributed by atoms with Crippen LogP contribution < -0.4 is 4.74 Å². The molecule has 96 valence electrons. The van der Waals surface area contributed by atoms with E-state index in [1.54, 1.807) is 7.11 Å². The predicted molar refractivity (Wildman–Crippen MR) is 73.4 cm³/mol. The van der Waals surface area contributed by atoms with Crippen LogP contribution in [0.1, 0.15) is 42.4 Å². The Morgan fingerprint density at radius 2 is 1.95 bits per heavy atom. The van der Waals surface area contributed by atoms with Crippen LogP contribution in [0.25, 0.3) is 11.3 Å². The third-order valence-electron chi connectivity index (χ3n) is 4.50. The van der Waals surface area contributed by atoms with Crippen LogP contribution in [0.5, 0.6) is 5.75 Å². The molecule has 0 aliphatic heterocycles. The number of hydrogen-bond acceptors (Lipinski definition) is 3. The van der Waals surface area contributed by atoms with Gasteiger partial charge in [-0.3, -0.25) is 0 Å². The Balaban J connectivity index is 1.83. The van der Waals surface area contributed by atoms with Gasteiger partial charge in [0.2, 0.25) is 0 Å². The fourth-order valence-corrected chi connectivity index (χ4v) is 3.56. The SMILES string of the molecule is COc1ccccc1-c1cc2c(nn1)C1CCC2C1. The molecule has 2 aliphatic rings. The van der Waals surface area contributed by atoms with Gasteiger partial charge < -0.3 is 4.74 Å². The number of ether oxygens (including phenoxy) is 1.